The van der Waals surface area contributed by atoms with Crippen LogP contribution in [0.1, 0.15) is 27.4 Å². The van der Waals surface area contributed by atoms with Gasteiger partial charge in [-0.1, -0.05) is 18.2 Å². The fourth-order valence-electron chi connectivity index (χ4n) is 2.63. The smallest absolute Gasteiger partial charge is 0.331 e. The van der Waals surface area contributed by atoms with E-state index in [1.54, 1.807) is 24.4 Å². The first-order valence-electron chi connectivity index (χ1n) is 8.19. The number of benzene rings is 1. The molecule has 0 spiro atoms. The van der Waals surface area contributed by atoms with Crippen LogP contribution in [0, 0.1) is 13.8 Å². The number of ketones is 1. The van der Waals surface area contributed by atoms with Gasteiger partial charge in [0.2, 0.25) is 5.78 Å². The number of H-pyrrole nitrogens is 1. The van der Waals surface area contributed by atoms with Gasteiger partial charge in [0.25, 0.3) is 0 Å². The predicted molar refractivity (Wildman–Crippen MR) is 98.2 cm³/mol. The van der Waals surface area contributed by atoms with E-state index in [0.717, 1.165) is 22.6 Å². The number of rotatable bonds is 6. The Morgan fingerprint density at radius 3 is 2.62 bits per heavy atom. The van der Waals surface area contributed by atoms with Gasteiger partial charge in [0.05, 0.1) is 17.1 Å². The molecule has 0 atom stereocenters. The third kappa shape index (κ3) is 3.80. The fourth-order valence-corrected chi connectivity index (χ4v) is 2.63. The molecule has 0 unspecified atom stereocenters. The molecule has 1 aromatic carbocycles. The van der Waals surface area contributed by atoms with Crippen LogP contribution in [0.15, 0.2) is 54.7 Å². The maximum Gasteiger partial charge on any atom is 0.331 e. The largest absolute Gasteiger partial charge is 0.454 e. The SMILES string of the molecule is Cc1nn(-c2ccccc2)c(C)c1/C=C\C(=O)OCC(=O)c1ccc[nH]1. The van der Waals surface area contributed by atoms with Crippen LogP contribution in [0.4, 0.5) is 0 Å². The summed E-state index contributed by atoms with van der Waals surface area (Å²) in [6.07, 6.45) is 4.62. The zero-order valence-electron chi connectivity index (χ0n) is 14.6. The van der Waals surface area contributed by atoms with Crippen LogP contribution < -0.4 is 0 Å². The number of aromatic amines is 1. The van der Waals surface area contributed by atoms with Crippen molar-refractivity contribution in [1.29, 1.82) is 0 Å². The second-order valence-corrected chi connectivity index (χ2v) is 5.78. The summed E-state index contributed by atoms with van der Waals surface area (Å²) in [7, 11) is 0. The average molecular weight is 349 g/mol. The topological polar surface area (TPSA) is 77.0 Å². The van der Waals surface area contributed by atoms with Gasteiger partial charge < -0.3 is 9.72 Å². The van der Waals surface area contributed by atoms with E-state index >= 15 is 0 Å². The summed E-state index contributed by atoms with van der Waals surface area (Å²) in [6.45, 7) is 3.52. The Morgan fingerprint density at radius 2 is 1.92 bits per heavy atom. The summed E-state index contributed by atoms with van der Waals surface area (Å²) in [4.78, 5) is 26.5. The zero-order valence-corrected chi connectivity index (χ0v) is 14.6. The molecule has 0 saturated heterocycles. The number of nitrogens with zero attached hydrogens (tertiary/aromatic N) is 2. The van der Waals surface area contributed by atoms with Crippen LogP contribution in [0.25, 0.3) is 11.8 Å². The normalized spacial score (nSPS) is 11.0. The number of hydrogen-bond acceptors (Lipinski definition) is 4. The van der Waals surface area contributed by atoms with E-state index in [4.69, 9.17) is 4.74 Å². The molecule has 6 nitrogen and oxygen atoms in total. The molecule has 0 aliphatic heterocycles. The summed E-state index contributed by atoms with van der Waals surface area (Å²) >= 11 is 0. The molecular formula is C20H19N3O3. The number of esters is 1. The number of aryl methyl sites for hydroxylation is 1. The van der Waals surface area contributed by atoms with Gasteiger partial charge in [-0.3, -0.25) is 4.79 Å². The molecule has 3 rings (SSSR count). The van der Waals surface area contributed by atoms with Gasteiger partial charge in [-0.2, -0.15) is 5.10 Å². The van der Waals surface area contributed by atoms with E-state index in [9.17, 15) is 9.59 Å². The Kier molecular flexibility index (Phi) is 5.12. The third-order valence-corrected chi connectivity index (χ3v) is 3.98. The number of hydrogen-bond donors (Lipinski definition) is 1. The molecule has 1 N–H and O–H groups in total. The first-order chi connectivity index (χ1) is 12.6. The lowest BCUT2D eigenvalue weighted by atomic mass is 10.2. The molecule has 0 fully saturated rings. The Balaban J connectivity index is 1.67. The molecule has 2 heterocycles. The lowest BCUT2D eigenvalue weighted by Crippen LogP contribution is -2.12. The lowest BCUT2D eigenvalue weighted by Gasteiger charge is -2.03. The third-order valence-electron chi connectivity index (χ3n) is 3.98. The number of para-hydroxylation sites is 1. The van der Waals surface area contributed by atoms with Gasteiger partial charge >= 0.3 is 5.97 Å². The lowest BCUT2D eigenvalue weighted by molar-refractivity contribution is -0.136. The van der Waals surface area contributed by atoms with Crippen molar-refractivity contribution in [3.8, 4) is 5.69 Å². The van der Waals surface area contributed by atoms with Crippen molar-refractivity contribution in [3.05, 3.63) is 77.4 Å². The molecular weight excluding hydrogens is 330 g/mol. The van der Waals surface area contributed by atoms with Crippen LogP contribution in [-0.4, -0.2) is 33.1 Å². The summed E-state index contributed by atoms with van der Waals surface area (Å²) < 4.78 is 6.83. The van der Waals surface area contributed by atoms with Crippen LogP contribution in [0.5, 0.6) is 0 Å². The molecule has 0 bridgehead atoms. The predicted octanol–water partition coefficient (Wildman–Crippen LogP) is 3.26. The van der Waals surface area contributed by atoms with Crippen LogP contribution in [-0.2, 0) is 9.53 Å². The Bertz CT molecular complexity index is 938. The summed E-state index contributed by atoms with van der Waals surface area (Å²) in [5.74, 6) is -0.850. The highest BCUT2D eigenvalue weighted by Gasteiger charge is 2.12. The minimum atomic E-state index is -0.573. The minimum absolute atomic E-state index is 0.277. The maximum atomic E-state index is 11.9. The second-order valence-electron chi connectivity index (χ2n) is 5.78. The van der Waals surface area contributed by atoms with Crippen LogP contribution in [0.2, 0.25) is 0 Å². The molecule has 0 aliphatic carbocycles. The molecule has 2 aromatic heterocycles. The highest BCUT2D eigenvalue weighted by Crippen LogP contribution is 2.19. The van der Waals surface area contributed by atoms with Gasteiger partial charge in [0.1, 0.15) is 0 Å². The fraction of sp³-hybridized carbons (Fsp3) is 0.150. The number of ether oxygens (including phenoxy) is 1. The van der Waals surface area contributed by atoms with Crippen molar-refractivity contribution in [2.24, 2.45) is 0 Å². The van der Waals surface area contributed by atoms with Crippen molar-refractivity contribution < 1.29 is 14.3 Å². The first-order valence-corrected chi connectivity index (χ1v) is 8.19. The number of Topliss-reactive ketones (excluding diaryl/α,β-unsaturated/α-hetero) is 1. The van der Waals surface area contributed by atoms with E-state index in [1.807, 2.05) is 48.9 Å². The number of nitrogens with one attached hydrogen (secondary N) is 1. The zero-order chi connectivity index (χ0) is 18.5. The average Bonchev–Trinajstić information content (AvgIpc) is 3.28. The van der Waals surface area contributed by atoms with Gasteiger partial charge in [-0.05, 0) is 44.2 Å². The highest BCUT2D eigenvalue weighted by molar-refractivity contribution is 5.97. The van der Waals surface area contributed by atoms with Gasteiger partial charge in [-0.25, -0.2) is 9.48 Å². The van der Waals surface area contributed by atoms with Crippen LogP contribution in [0.3, 0.4) is 0 Å². The standard InChI is InChI=1S/C20H19N3O3/c1-14-17(15(2)23(22-14)16-7-4-3-5-8-16)10-11-20(25)26-13-19(24)18-9-6-12-21-18/h3-12,21H,13H2,1-2H3/b11-10-. The molecule has 0 saturated carbocycles. The molecule has 0 aliphatic rings. The quantitative estimate of drug-likeness (QED) is 0.421. The monoisotopic (exact) mass is 349 g/mol. The van der Waals surface area contributed by atoms with E-state index in [2.05, 4.69) is 10.1 Å². The van der Waals surface area contributed by atoms with E-state index in [-0.39, 0.29) is 12.4 Å². The van der Waals surface area contributed by atoms with Crippen LogP contribution >= 0.6 is 0 Å². The van der Waals surface area contributed by atoms with E-state index < -0.39 is 5.97 Å². The minimum Gasteiger partial charge on any atom is -0.454 e. The number of aromatic nitrogens is 3. The van der Waals surface area contributed by atoms with Gasteiger partial charge in [-0.15, -0.1) is 0 Å². The summed E-state index contributed by atoms with van der Waals surface area (Å²) in [5.41, 5.74) is 3.93. The Hall–Kier alpha value is -3.41. The summed E-state index contributed by atoms with van der Waals surface area (Å²) in [6, 6.07) is 13.1. The highest BCUT2D eigenvalue weighted by atomic mass is 16.5. The Morgan fingerprint density at radius 1 is 1.15 bits per heavy atom. The molecule has 3 aromatic rings. The number of carbonyl (C=O) groups is 2. The number of carbonyl (C=O) groups excluding carboxylic acids is 2. The van der Waals surface area contributed by atoms with E-state index in [1.165, 1.54) is 6.08 Å². The molecule has 26 heavy (non-hydrogen) atoms. The van der Waals surface area contributed by atoms with E-state index in [0.29, 0.717) is 5.69 Å². The first kappa shape index (κ1) is 17.4. The molecule has 0 amide bonds. The van der Waals surface area contributed by atoms with Crippen molar-refractivity contribution in [1.82, 2.24) is 14.8 Å². The summed E-state index contributed by atoms with van der Waals surface area (Å²) in [5, 5.41) is 4.52. The Labute approximate surface area is 151 Å². The van der Waals surface area contributed by atoms with Crippen molar-refractivity contribution in [2.75, 3.05) is 6.61 Å². The maximum absolute atomic E-state index is 11.9. The second kappa shape index (κ2) is 7.65. The van der Waals surface area contributed by atoms with Gasteiger partial charge in [0.15, 0.2) is 6.61 Å². The molecule has 132 valence electrons. The van der Waals surface area contributed by atoms with Crippen molar-refractivity contribution in [3.63, 3.8) is 0 Å². The van der Waals surface area contributed by atoms with Crippen molar-refractivity contribution in [2.45, 2.75) is 13.8 Å². The van der Waals surface area contributed by atoms with Crippen molar-refractivity contribution >= 4 is 17.8 Å². The molecule has 6 heteroatoms. The molecule has 0 radical (unpaired) electrons. The van der Waals surface area contributed by atoms with Gasteiger partial charge in [0, 0.05) is 23.5 Å².